The van der Waals surface area contributed by atoms with Crippen molar-refractivity contribution in [3.05, 3.63) is 51.0 Å². The fourth-order valence-corrected chi connectivity index (χ4v) is 4.48. The molecule has 7 heteroatoms. The summed E-state index contributed by atoms with van der Waals surface area (Å²) in [6.45, 7) is 0. The van der Waals surface area contributed by atoms with Crippen LogP contribution < -0.4 is 10.9 Å². The number of nitrogens with zero attached hydrogens (tertiary/aromatic N) is 2. The van der Waals surface area contributed by atoms with Crippen molar-refractivity contribution in [2.45, 2.75) is 38.5 Å². The van der Waals surface area contributed by atoms with Crippen LogP contribution in [-0.4, -0.2) is 20.9 Å². The Morgan fingerprint density at radius 1 is 1.28 bits per heavy atom. The highest BCUT2D eigenvalue weighted by molar-refractivity contribution is 7.18. The third kappa shape index (κ3) is 3.32. The number of hydrogen-bond donors (Lipinski definition) is 2. The molecular weight excluding hydrogens is 336 g/mol. The van der Waals surface area contributed by atoms with Gasteiger partial charge in [0, 0.05) is 23.9 Å². The Morgan fingerprint density at radius 2 is 2.16 bits per heavy atom. The van der Waals surface area contributed by atoms with Crippen molar-refractivity contribution in [1.29, 1.82) is 0 Å². The van der Waals surface area contributed by atoms with Gasteiger partial charge < -0.3 is 10.3 Å². The number of aryl methyl sites for hydroxylation is 3. The number of aromatic amines is 1. The van der Waals surface area contributed by atoms with Crippen molar-refractivity contribution in [1.82, 2.24) is 15.0 Å². The van der Waals surface area contributed by atoms with Crippen molar-refractivity contribution in [3.8, 4) is 0 Å². The van der Waals surface area contributed by atoms with Gasteiger partial charge in [-0.2, -0.15) is 0 Å². The van der Waals surface area contributed by atoms with Gasteiger partial charge in [-0.3, -0.25) is 9.59 Å². The Kier molecular flexibility index (Phi) is 4.31. The Morgan fingerprint density at radius 3 is 3.00 bits per heavy atom. The van der Waals surface area contributed by atoms with Crippen LogP contribution in [0.1, 0.15) is 35.5 Å². The minimum absolute atomic E-state index is 0.0791. The van der Waals surface area contributed by atoms with Crippen LogP contribution in [0.5, 0.6) is 0 Å². The second-order valence-corrected chi connectivity index (χ2v) is 7.25. The second-order valence-electron chi connectivity index (χ2n) is 6.17. The standard InChI is InChI=1S/C18H18N4O2S/c23-15(20-13-7-3-4-10-19-13)9-8-14-21-17(24)16-11-5-1-2-6-12(11)25-18(16)22-14/h3-4,7,10H,1-2,5-6,8-9H2,(H,19,20,23)(H,21,22,24). The summed E-state index contributed by atoms with van der Waals surface area (Å²) in [5.74, 6) is 0.939. The summed E-state index contributed by atoms with van der Waals surface area (Å²) in [5.41, 5.74) is 1.10. The Hall–Kier alpha value is -2.54. The number of thiophene rings is 1. The quantitative estimate of drug-likeness (QED) is 0.754. The van der Waals surface area contributed by atoms with Crippen LogP contribution in [-0.2, 0) is 24.1 Å². The zero-order valence-corrected chi connectivity index (χ0v) is 14.5. The molecule has 0 unspecified atom stereocenters. The minimum Gasteiger partial charge on any atom is -0.311 e. The van der Waals surface area contributed by atoms with Gasteiger partial charge in [0.25, 0.3) is 5.56 Å². The molecule has 0 radical (unpaired) electrons. The van der Waals surface area contributed by atoms with Crippen LogP contribution in [0.2, 0.25) is 0 Å². The molecule has 0 saturated heterocycles. The molecule has 0 atom stereocenters. The van der Waals surface area contributed by atoms with Gasteiger partial charge in [0.15, 0.2) is 0 Å². The summed E-state index contributed by atoms with van der Waals surface area (Å²) >= 11 is 1.62. The lowest BCUT2D eigenvalue weighted by atomic mass is 9.97. The van der Waals surface area contributed by atoms with E-state index in [0.29, 0.717) is 18.1 Å². The molecule has 1 aliphatic carbocycles. The normalized spacial score (nSPS) is 13.6. The Labute approximate surface area is 148 Å². The van der Waals surface area contributed by atoms with E-state index in [1.165, 1.54) is 16.9 Å². The first-order valence-electron chi connectivity index (χ1n) is 8.45. The summed E-state index contributed by atoms with van der Waals surface area (Å²) in [7, 11) is 0. The molecule has 0 bridgehead atoms. The molecule has 128 valence electrons. The van der Waals surface area contributed by atoms with E-state index in [1.807, 2.05) is 6.07 Å². The first-order chi connectivity index (χ1) is 12.2. The van der Waals surface area contributed by atoms with Crippen LogP contribution in [0.15, 0.2) is 29.2 Å². The molecule has 3 heterocycles. The molecule has 25 heavy (non-hydrogen) atoms. The summed E-state index contributed by atoms with van der Waals surface area (Å²) in [6.07, 6.45) is 6.58. The van der Waals surface area contributed by atoms with Crippen LogP contribution in [0.25, 0.3) is 10.2 Å². The highest BCUT2D eigenvalue weighted by atomic mass is 32.1. The van der Waals surface area contributed by atoms with Crippen molar-refractivity contribution in [2.24, 2.45) is 0 Å². The van der Waals surface area contributed by atoms with E-state index in [4.69, 9.17) is 0 Å². The maximum atomic E-state index is 12.5. The molecule has 0 aromatic carbocycles. The lowest BCUT2D eigenvalue weighted by Crippen LogP contribution is -2.17. The third-order valence-corrected chi connectivity index (χ3v) is 5.58. The summed E-state index contributed by atoms with van der Waals surface area (Å²) in [5, 5.41) is 3.49. The number of hydrogen-bond acceptors (Lipinski definition) is 5. The molecule has 0 fully saturated rings. The highest BCUT2D eigenvalue weighted by Gasteiger charge is 2.19. The van der Waals surface area contributed by atoms with Crippen molar-refractivity contribution in [3.63, 3.8) is 0 Å². The molecule has 0 aliphatic heterocycles. The SMILES string of the molecule is O=C(CCc1nc2sc3c(c2c(=O)[nH]1)CCCC3)Nc1ccccn1. The first kappa shape index (κ1) is 16.0. The van der Waals surface area contributed by atoms with E-state index in [0.717, 1.165) is 29.5 Å². The Bertz CT molecular complexity index is 978. The predicted octanol–water partition coefficient (Wildman–Crippen LogP) is 2.83. The van der Waals surface area contributed by atoms with Crippen LogP contribution >= 0.6 is 11.3 Å². The van der Waals surface area contributed by atoms with E-state index < -0.39 is 0 Å². The number of fused-ring (bicyclic) bond motifs is 3. The fourth-order valence-electron chi connectivity index (χ4n) is 3.20. The van der Waals surface area contributed by atoms with Gasteiger partial charge in [-0.1, -0.05) is 6.07 Å². The molecule has 0 saturated carbocycles. The topological polar surface area (TPSA) is 87.7 Å². The zero-order valence-electron chi connectivity index (χ0n) is 13.7. The van der Waals surface area contributed by atoms with Crippen molar-refractivity contribution in [2.75, 3.05) is 5.32 Å². The van der Waals surface area contributed by atoms with E-state index >= 15 is 0 Å². The average molecular weight is 354 g/mol. The maximum Gasteiger partial charge on any atom is 0.259 e. The van der Waals surface area contributed by atoms with Crippen molar-refractivity contribution < 1.29 is 4.79 Å². The number of aromatic nitrogens is 3. The number of anilines is 1. The van der Waals surface area contributed by atoms with Crippen molar-refractivity contribution >= 4 is 33.3 Å². The van der Waals surface area contributed by atoms with Crippen LogP contribution in [0, 0.1) is 0 Å². The average Bonchev–Trinajstić information content (AvgIpc) is 2.99. The smallest absolute Gasteiger partial charge is 0.259 e. The molecule has 3 aromatic heterocycles. The van der Waals surface area contributed by atoms with Gasteiger partial charge in [-0.05, 0) is 43.4 Å². The highest BCUT2D eigenvalue weighted by Crippen LogP contribution is 2.33. The minimum atomic E-state index is -0.146. The van der Waals surface area contributed by atoms with E-state index in [1.54, 1.807) is 29.7 Å². The third-order valence-electron chi connectivity index (χ3n) is 4.40. The van der Waals surface area contributed by atoms with Gasteiger partial charge in [0.1, 0.15) is 16.5 Å². The number of pyridine rings is 1. The van der Waals surface area contributed by atoms with Crippen LogP contribution in [0.4, 0.5) is 5.82 Å². The van der Waals surface area contributed by atoms with Gasteiger partial charge in [-0.15, -0.1) is 11.3 Å². The zero-order chi connectivity index (χ0) is 17.2. The number of carbonyl (C=O) groups is 1. The molecule has 3 aromatic rings. The Balaban J connectivity index is 1.50. The summed E-state index contributed by atoms with van der Waals surface area (Å²) in [4.78, 5) is 38.1. The van der Waals surface area contributed by atoms with Gasteiger partial charge in [-0.25, -0.2) is 9.97 Å². The molecule has 4 rings (SSSR count). The number of H-pyrrole nitrogens is 1. The van der Waals surface area contributed by atoms with E-state index in [9.17, 15) is 9.59 Å². The fraction of sp³-hybridized carbons (Fsp3) is 0.333. The number of carbonyl (C=O) groups excluding carboxylic acids is 1. The van der Waals surface area contributed by atoms with Gasteiger partial charge in [0.2, 0.25) is 5.91 Å². The molecule has 2 N–H and O–H groups in total. The number of rotatable bonds is 4. The molecular formula is C18H18N4O2S. The monoisotopic (exact) mass is 354 g/mol. The lowest BCUT2D eigenvalue weighted by molar-refractivity contribution is -0.116. The maximum absolute atomic E-state index is 12.5. The molecule has 1 amide bonds. The largest absolute Gasteiger partial charge is 0.311 e. The first-order valence-corrected chi connectivity index (χ1v) is 9.26. The summed E-state index contributed by atoms with van der Waals surface area (Å²) in [6, 6.07) is 5.34. The van der Waals surface area contributed by atoms with Crippen LogP contribution in [0.3, 0.4) is 0 Å². The van der Waals surface area contributed by atoms with E-state index in [2.05, 4.69) is 20.3 Å². The van der Waals surface area contributed by atoms with Gasteiger partial charge in [0.05, 0.1) is 5.39 Å². The van der Waals surface area contributed by atoms with E-state index in [-0.39, 0.29) is 17.9 Å². The lowest BCUT2D eigenvalue weighted by Gasteiger charge is -2.09. The molecule has 6 nitrogen and oxygen atoms in total. The molecule has 1 aliphatic rings. The van der Waals surface area contributed by atoms with Gasteiger partial charge >= 0.3 is 0 Å². The predicted molar refractivity (Wildman–Crippen MR) is 98.1 cm³/mol. The number of amides is 1. The number of nitrogens with one attached hydrogen (secondary N) is 2. The summed E-state index contributed by atoms with van der Waals surface area (Å²) < 4.78 is 0. The second kappa shape index (κ2) is 6.76. The molecule has 0 spiro atoms.